The highest BCUT2D eigenvalue weighted by atomic mass is 16.3. The Balaban J connectivity index is 1.41. The van der Waals surface area contributed by atoms with Gasteiger partial charge in [-0.05, 0) is 37.8 Å². The number of β-amino-alcohol motifs (C(OH)–C–C–N with tert-alkyl or cyclic N) is 1. The molecule has 1 unspecified atom stereocenters. The molecule has 1 atom stereocenters. The van der Waals surface area contributed by atoms with Crippen LogP contribution in [0.1, 0.15) is 37.7 Å². The summed E-state index contributed by atoms with van der Waals surface area (Å²) in [5.74, 6) is 0.0498. The van der Waals surface area contributed by atoms with E-state index in [0.29, 0.717) is 32.5 Å². The van der Waals surface area contributed by atoms with Crippen LogP contribution in [0.25, 0.3) is 0 Å². The Kier molecular flexibility index (Phi) is 6.27. The van der Waals surface area contributed by atoms with Gasteiger partial charge in [0.2, 0.25) is 11.8 Å². The molecule has 142 valence electrons. The molecule has 0 aromatic heterocycles. The van der Waals surface area contributed by atoms with Crippen molar-refractivity contribution in [3.05, 3.63) is 35.9 Å². The van der Waals surface area contributed by atoms with Gasteiger partial charge < -0.3 is 20.6 Å². The first-order valence-corrected chi connectivity index (χ1v) is 9.58. The first kappa shape index (κ1) is 18.9. The van der Waals surface area contributed by atoms with Crippen LogP contribution < -0.4 is 10.6 Å². The zero-order valence-corrected chi connectivity index (χ0v) is 15.2. The maximum atomic E-state index is 12.5. The minimum absolute atomic E-state index is 0.0188. The summed E-state index contributed by atoms with van der Waals surface area (Å²) >= 11 is 0. The third-order valence-electron chi connectivity index (χ3n) is 5.35. The maximum absolute atomic E-state index is 12.5. The smallest absolute Gasteiger partial charge is 0.225 e. The van der Waals surface area contributed by atoms with Gasteiger partial charge >= 0.3 is 0 Å². The largest absolute Gasteiger partial charge is 0.388 e. The standard InChI is InChI=1S/C20H29N3O3/c24-18(13-16-5-2-1-3-6-16)22-17-7-11-23(12-8-17)19(25)14-20(26)9-4-10-21-15-20/h1-3,5-6,17,21,26H,4,7-15H2,(H,22,24). The Hall–Kier alpha value is -1.92. The second kappa shape index (κ2) is 8.64. The second-order valence-corrected chi connectivity index (χ2v) is 7.57. The maximum Gasteiger partial charge on any atom is 0.225 e. The first-order valence-electron chi connectivity index (χ1n) is 9.58. The number of nitrogens with one attached hydrogen (secondary N) is 2. The Morgan fingerprint density at radius 2 is 1.96 bits per heavy atom. The number of carbonyl (C=O) groups excluding carboxylic acids is 2. The zero-order valence-electron chi connectivity index (χ0n) is 15.2. The predicted octanol–water partition coefficient (Wildman–Crippen LogP) is 0.841. The molecule has 1 aromatic rings. The summed E-state index contributed by atoms with van der Waals surface area (Å²) in [6.45, 7) is 2.67. The summed E-state index contributed by atoms with van der Waals surface area (Å²) in [6.07, 6.45) is 3.69. The SMILES string of the molecule is O=C(Cc1ccccc1)NC1CCN(C(=O)CC2(O)CCCNC2)CC1. The van der Waals surface area contributed by atoms with E-state index in [-0.39, 0.29) is 24.3 Å². The molecule has 2 saturated heterocycles. The van der Waals surface area contributed by atoms with E-state index >= 15 is 0 Å². The lowest BCUT2D eigenvalue weighted by Crippen LogP contribution is -2.51. The molecule has 3 rings (SSSR count). The van der Waals surface area contributed by atoms with E-state index in [1.165, 1.54) is 0 Å². The van der Waals surface area contributed by atoms with E-state index in [9.17, 15) is 14.7 Å². The van der Waals surface area contributed by atoms with Gasteiger partial charge in [0, 0.05) is 25.7 Å². The van der Waals surface area contributed by atoms with Crippen LogP contribution in [0.4, 0.5) is 0 Å². The van der Waals surface area contributed by atoms with Crippen molar-refractivity contribution in [2.75, 3.05) is 26.2 Å². The number of nitrogens with zero attached hydrogens (tertiary/aromatic N) is 1. The molecule has 2 aliphatic heterocycles. The van der Waals surface area contributed by atoms with Gasteiger partial charge in [-0.3, -0.25) is 9.59 Å². The Bertz CT molecular complexity index is 606. The van der Waals surface area contributed by atoms with E-state index in [1.807, 2.05) is 35.2 Å². The molecule has 0 spiro atoms. The number of benzene rings is 1. The van der Waals surface area contributed by atoms with Crippen molar-refractivity contribution in [3.8, 4) is 0 Å². The van der Waals surface area contributed by atoms with Crippen molar-refractivity contribution in [2.24, 2.45) is 0 Å². The van der Waals surface area contributed by atoms with Crippen molar-refractivity contribution < 1.29 is 14.7 Å². The average Bonchev–Trinajstić information content (AvgIpc) is 2.63. The summed E-state index contributed by atoms with van der Waals surface area (Å²) in [5, 5.41) is 16.8. The molecule has 3 N–H and O–H groups in total. The molecular weight excluding hydrogens is 330 g/mol. The van der Waals surface area contributed by atoms with Crippen LogP contribution in [-0.4, -0.2) is 59.6 Å². The molecule has 2 amide bonds. The highest BCUT2D eigenvalue weighted by Crippen LogP contribution is 2.22. The minimum Gasteiger partial charge on any atom is -0.388 e. The number of rotatable bonds is 5. The van der Waals surface area contributed by atoms with Gasteiger partial charge in [0.05, 0.1) is 18.4 Å². The summed E-state index contributed by atoms with van der Waals surface area (Å²) in [6, 6.07) is 9.82. The molecule has 0 saturated carbocycles. The van der Waals surface area contributed by atoms with Crippen LogP contribution in [0.3, 0.4) is 0 Å². The molecule has 1 aromatic carbocycles. The van der Waals surface area contributed by atoms with Gasteiger partial charge in [0.15, 0.2) is 0 Å². The zero-order chi connectivity index (χ0) is 18.4. The summed E-state index contributed by atoms with van der Waals surface area (Å²) in [4.78, 5) is 26.5. The van der Waals surface area contributed by atoms with Crippen LogP contribution in [-0.2, 0) is 16.0 Å². The van der Waals surface area contributed by atoms with Crippen LogP contribution in [0.5, 0.6) is 0 Å². The summed E-state index contributed by atoms with van der Waals surface area (Å²) < 4.78 is 0. The summed E-state index contributed by atoms with van der Waals surface area (Å²) in [5.41, 5.74) is 0.0998. The van der Waals surface area contributed by atoms with Gasteiger partial charge in [-0.2, -0.15) is 0 Å². The van der Waals surface area contributed by atoms with E-state index in [4.69, 9.17) is 0 Å². The number of piperidine rings is 2. The Labute approximate surface area is 155 Å². The van der Waals surface area contributed by atoms with Gasteiger partial charge in [0.25, 0.3) is 0 Å². The van der Waals surface area contributed by atoms with Crippen LogP contribution in [0.2, 0.25) is 0 Å². The molecule has 2 aliphatic rings. The van der Waals surface area contributed by atoms with Gasteiger partial charge in [-0.25, -0.2) is 0 Å². The third kappa shape index (κ3) is 5.29. The number of hydrogen-bond donors (Lipinski definition) is 3. The van der Waals surface area contributed by atoms with Crippen molar-refractivity contribution >= 4 is 11.8 Å². The number of carbonyl (C=O) groups is 2. The molecule has 2 fully saturated rings. The lowest BCUT2D eigenvalue weighted by molar-refractivity contribution is -0.138. The molecule has 0 aliphatic carbocycles. The highest BCUT2D eigenvalue weighted by molar-refractivity contribution is 5.79. The van der Waals surface area contributed by atoms with E-state index in [2.05, 4.69) is 10.6 Å². The van der Waals surface area contributed by atoms with E-state index in [1.54, 1.807) is 0 Å². The Morgan fingerprint density at radius 3 is 2.62 bits per heavy atom. The van der Waals surface area contributed by atoms with E-state index < -0.39 is 5.60 Å². The van der Waals surface area contributed by atoms with Crippen LogP contribution >= 0.6 is 0 Å². The molecule has 0 radical (unpaired) electrons. The van der Waals surface area contributed by atoms with Crippen LogP contribution in [0.15, 0.2) is 30.3 Å². The quantitative estimate of drug-likeness (QED) is 0.728. The van der Waals surface area contributed by atoms with Crippen molar-refractivity contribution in [1.82, 2.24) is 15.5 Å². The monoisotopic (exact) mass is 359 g/mol. The fourth-order valence-electron chi connectivity index (χ4n) is 3.83. The number of amides is 2. The molecule has 26 heavy (non-hydrogen) atoms. The fourth-order valence-corrected chi connectivity index (χ4v) is 3.83. The van der Waals surface area contributed by atoms with Crippen molar-refractivity contribution in [3.63, 3.8) is 0 Å². The lowest BCUT2D eigenvalue weighted by Gasteiger charge is -2.37. The minimum atomic E-state index is -0.907. The van der Waals surface area contributed by atoms with Crippen LogP contribution in [0, 0.1) is 0 Å². The number of aliphatic hydroxyl groups is 1. The number of likely N-dealkylation sites (tertiary alicyclic amines) is 1. The molecule has 6 nitrogen and oxygen atoms in total. The third-order valence-corrected chi connectivity index (χ3v) is 5.35. The molecule has 2 heterocycles. The van der Waals surface area contributed by atoms with Gasteiger partial charge in [-0.15, -0.1) is 0 Å². The normalized spacial score (nSPS) is 24.3. The summed E-state index contributed by atoms with van der Waals surface area (Å²) in [7, 11) is 0. The molecular formula is C20H29N3O3. The van der Waals surface area contributed by atoms with Gasteiger partial charge in [-0.1, -0.05) is 30.3 Å². The topological polar surface area (TPSA) is 81.7 Å². The fraction of sp³-hybridized carbons (Fsp3) is 0.600. The van der Waals surface area contributed by atoms with Gasteiger partial charge in [0.1, 0.15) is 0 Å². The predicted molar refractivity (Wildman–Crippen MR) is 99.6 cm³/mol. The lowest BCUT2D eigenvalue weighted by atomic mass is 9.90. The Morgan fingerprint density at radius 1 is 1.23 bits per heavy atom. The highest BCUT2D eigenvalue weighted by Gasteiger charge is 2.34. The molecule has 0 bridgehead atoms. The molecule has 6 heteroatoms. The average molecular weight is 359 g/mol. The first-order chi connectivity index (χ1) is 12.5. The van der Waals surface area contributed by atoms with Crippen molar-refractivity contribution in [2.45, 2.75) is 50.2 Å². The number of hydrogen-bond acceptors (Lipinski definition) is 4. The second-order valence-electron chi connectivity index (χ2n) is 7.57. The van der Waals surface area contributed by atoms with E-state index in [0.717, 1.165) is 31.4 Å². The van der Waals surface area contributed by atoms with Crippen molar-refractivity contribution in [1.29, 1.82) is 0 Å².